The fourth-order valence-electron chi connectivity index (χ4n) is 1.85. The van der Waals surface area contributed by atoms with Gasteiger partial charge in [-0.15, -0.1) is 11.8 Å². The minimum absolute atomic E-state index is 0.0969. The van der Waals surface area contributed by atoms with Gasteiger partial charge >= 0.3 is 0 Å². The summed E-state index contributed by atoms with van der Waals surface area (Å²) in [7, 11) is 0. The lowest BCUT2D eigenvalue weighted by molar-refractivity contribution is -0.115. The van der Waals surface area contributed by atoms with Gasteiger partial charge in [0.05, 0.1) is 17.5 Å². The van der Waals surface area contributed by atoms with Crippen molar-refractivity contribution in [3.05, 3.63) is 24.3 Å². The number of para-hydroxylation sites is 2. The topological polar surface area (TPSA) is 38.3 Å². The molecule has 0 spiro atoms. The molecule has 1 aliphatic heterocycles. The van der Waals surface area contributed by atoms with Crippen molar-refractivity contribution in [3.8, 4) is 5.75 Å². The zero-order valence-electron chi connectivity index (χ0n) is 9.94. The van der Waals surface area contributed by atoms with Crippen LogP contribution in [0, 0.1) is 0 Å². The van der Waals surface area contributed by atoms with E-state index in [4.69, 9.17) is 4.74 Å². The quantitative estimate of drug-likeness (QED) is 0.894. The number of amides is 1. The highest BCUT2D eigenvalue weighted by molar-refractivity contribution is 8.00. The Balaban J connectivity index is 2.04. The van der Waals surface area contributed by atoms with Gasteiger partial charge in [0.15, 0.2) is 0 Å². The molecule has 1 aromatic rings. The van der Waals surface area contributed by atoms with E-state index in [9.17, 15) is 4.79 Å². The van der Waals surface area contributed by atoms with Crippen LogP contribution in [0.5, 0.6) is 5.75 Å². The van der Waals surface area contributed by atoms with Gasteiger partial charge in [-0.1, -0.05) is 12.1 Å². The summed E-state index contributed by atoms with van der Waals surface area (Å²) in [5, 5.41) is 3.05. The van der Waals surface area contributed by atoms with Gasteiger partial charge in [0, 0.05) is 0 Å². The smallest absolute Gasteiger partial charge is 0.237 e. The lowest BCUT2D eigenvalue weighted by Crippen LogP contribution is -2.23. The number of thioether (sulfide) groups is 1. The molecular weight excluding hydrogens is 234 g/mol. The number of carbonyl (C=O) groups is 1. The van der Waals surface area contributed by atoms with E-state index in [1.54, 1.807) is 11.8 Å². The number of hydrogen-bond donors (Lipinski definition) is 1. The Morgan fingerprint density at radius 3 is 3.06 bits per heavy atom. The Hall–Kier alpha value is -1.16. The van der Waals surface area contributed by atoms with E-state index in [2.05, 4.69) is 5.32 Å². The van der Waals surface area contributed by atoms with Crippen LogP contribution in [0.1, 0.15) is 19.8 Å². The average molecular weight is 251 g/mol. The number of benzene rings is 1. The van der Waals surface area contributed by atoms with Gasteiger partial charge in [0.25, 0.3) is 0 Å². The van der Waals surface area contributed by atoms with Crippen LogP contribution in [0.15, 0.2) is 24.3 Å². The Kier molecular flexibility index (Phi) is 4.31. The van der Waals surface area contributed by atoms with Gasteiger partial charge in [0.1, 0.15) is 5.75 Å². The molecule has 1 N–H and O–H groups in total. The Morgan fingerprint density at radius 2 is 2.35 bits per heavy atom. The van der Waals surface area contributed by atoms with E-state index in [0.29, 0.717) is 6.61 Å². The standard InChI is InChI=1S/C13H17NO2S/c1-2-16-11-7-4-3-6-10(11)14-13(15)12-8-5-9-17-12/h3-4,6-7,12H,2,5,8-9H2,1H3,(H,14,15). The Labute approximate surface area is 106 Å². The highest BCUT2D eigenvalue weighted by atomic mass is 32.2. The van der Waals surface area contributed by atoms with E-state index in [1.807, 2.05) is 31.2 Å². The number of ether oxygens (including phenoxy) is 1. The average Bonchev–Trinajstić information content (AvgIpc) is 2.85. The minimum Gasteiger partial charge on any atom is -0.492 e. The van der Waals surface area contributed by atoms with Gasteiger partial charge < -0.3 is 10.1 Å². The first-order chi connectivity index (χ1) is 8.31. The molecule has 1 aliphatic rings. The number of rotatable bonds is 4. The summed E-state index contributed by atoms with van der Waals surface area (Å²) in [5.74, 6) is 1.93. The molecule has 92 valence electrons. The molecule has 1 fully saturated rings. The van der Waals surface area contributed by atoms with Crippen molar-refractivity contribution in [3.63, 3.8) is 0 Å². The molecule has 3 nitrogen and oxygen atoms in total. The van der Waals surface area contributed by atoms with E-state index in [-0.39, 0.29) is 11.2 Å². The van der Waals surface area contributed by atoms with Crippen molar-refractivity contribution in [2.24, 2.45) is 0 Å². The Bertz CT molecular complexity index is 389. The second-order valence-corrected chi connectivity index (χ2v) is 5.23. The van der Waals surface area contributed by atoms with Crippen molar-refractivity contribution in [2.75, 3.05) is 17.7 Å². The number of anilines is 1. The first-order valence-electron chi connectivity index (χ1n) is 5.95. The molecule has 0 aromatic heterocycles. The molecule has 1 unspecified atom stereocenters. The van der Waals surface area contributed by atoms with E-state index in [0.717, 1.165) is 30.0 Å². The lowest BCUT2D eigenvalue weighted by atomic mass is 10.2. The first kappa shape index (κ1) is 12.3. The highest BCUT2D eigenvalue weighted by Crippen LogP contribution is 2.29. The van der Waals surface area contributed by atoms with E-state index < -0.39 is 0 Å². The molecule has 17 heavy (non-hydrogen) atoms. The zero-order valence-corrected chi connectivity index (χ0v) is 10.8. The molecule has 2 rings (SSSR count). The van der Waals surface area contributed by atoms with Gasteiger partial charge in [-0.25, -0.2) is 0 Å². The van der Waals surface area contributed by atoms with Crippen LogP contribution in [0.2, 0.25) is 0 Å². The third-order valence-electron chi connectivity index (χ3n) is 2.67. The second kappa shape index (κ2) is 5.96. The summed E-state index contributed by atoms with van der Waals surface area (Å²) in [4.78, 5) is 12.0. The predicted octanol–water partition coefficient (Wildman–Crippen LogP) is 2.92. The lowest BCUT2D eigenvalue weighted by Gasteiger charge is -2.13. The predicted molar refractivity (Wildman–Crippen MR) is 71.7 cm³/mol. The van der Waals surface area contributed by atoms with Crippen LogP contribution in [0.4, 0.5) is 5.69 Å². The third-order valence-corrected chi connectivity index (χ3v) is 4.04. The number of nitrogens with one attached hydrogen (secondary N) is 1. The molecule has 4 heteroatoms. The van der Waals surface area contributed by atoms with Crippen molar-refractivity contribution >= 4 is 23.4 Å². The summed E-state index contributed by atoms with van der Waals surface area (Å²) in [6.07, 6.45) is 2.11. The van der Waals surface area contributed by atoms with Crippen molar-refractivity contribution < 1.29 is 9.53 Å². The van der Waals surface area contributed by atoms with Crippen LogP contribution in [0.25, 0.3) is 0 Å². The van der Waals surface area contributed by atoms with Crippen molar-refractivity contribution in [2.45, 2.75) is 25.0 Å². The monoisotopic (exact) mass is 251 g/mol. The molecular formula is C13H17NO2S. The van der Waals surface area contributed by atoms with Crippen LogP contribution < -0.4 is 10.1 Å². The molecule has 1 atom stereocenters. The SMILES string of the molecule is CCOc1ccccc1NC(=O)C1CCCS1. The van der Waals surface area contributed by atoms with Gasteiger partial charge in [-0.2, -0.15) is 0 Å². The van der Waals surface area contributed by atoms with Crippen molar-refractivity contribution in [1.29, 1.82) is 0 Å². The zero-order chi connectivity index (χ0) is 12.1. The van der Waals surface area contributed by atoms with Gasteiger partial charge in [0.2, 0.25) is 5.91 Å². The summed E-state index contributed by atoms with van der Waals surface area (Å²) in [5.41, 5.74) is 0.770. The largest absolute Gasteiger partial charge is 0.492 e. The first-order valence-corrected chi connectivity index (χ1v) is 7.00. The summed E-state index contributed by atoms with van der Waals surface area (Å²) >= 11 is 1.74. The summed E-state index contributed by atoms with van der Waals surface area (Å²) < 4.78 is 5.48. The molecule has 0 aliphatic carbocycles. The van der Waals surface area contributed by atoms with Crippen LogP contribution >= 0.6 is 11.8 Å². The highest BCUT2D eigenvalue weighted by Gasteiger charge is 2.23. The summed E-state index contributed by atoms with van der Waals surface area (Å²) in [6.45, 7) is 2.54. The molecule has 0 bridgehead atoms. The maximum Gasteiger partial charge on any atom is 0.237 e. The minimum atomic E-state index is 0.0969. The van der Waals surface area contributed by atoms with Crippen LogP contribution in [-0.4, -0.2) is 23.5 Å². The fraction of sp³-hybridized carbons (Fsp3) is 0.462. The molecule has 0 saturated carbocycles. The van der Waals surface area contributed by atoms with Crippen LogP contribution in [-0.2, 0) is 4.79 Å². The third kappa shape index (κ3) is 3.16. The number of hydrogen-bond acceptors (Lipinski definition) is 3. The molecule has 1 saturated heterocycles. The molecule has 1 heterocycles. The number of carbonyl (C=O) groups excluding carboxylic acids is 1. The summed E-state index contributed by atoms with van der Waals surface area (Å²) in [6, 6.07) is 7.56. The normalized spacial score (nSPS) is 19.0. The van der Waals surface area contributed by atoms with E-state index in [1.165, 1.54) is 0 Å². The molecule has 1 amide bonds. The van der Waals surface area contributed by atoms with Crippen molar-refractivity contribution in [1.82, 2.24) is 0 Å². The van der Waals surface area contributed by atoms with Gasteiger partial charge in [-0.05, 0) is 37.7 Å². The second-order valence-electron chi connectivity index (χ2n) is 3.92. The maximum atomic E-state index is 12.0. The molecule has 0 radical (unpaired) electrons. The maximum absolute atomic E-state index is 12.0. The van der Waals surface area contributed by atoms with Crippen LogP contribution in [0.3, 0.4) is 0 Å². The van der Waals surface area contributed by atoms with Gasteiger partial charge in [-0.3, -0.25) is 4.79 Å². The molecule has 1 aromatic carbocycles. The van der Waals surface area contributed by atoms with E-state index >= 15 is 0 Å². The fourth-order valence-corrected chi connectivity index (χ4v) is 3.01. The Morgan fingerprint density at radius 1 is 1.53 bits per heavy atom.